The molecule has 1 aromatic heterocycles. The van der Waals surface area contributed by atoms with Crippen molar-refractivity contribution in [3.63, 3.8) is 0 Å². The molecule has 0 aromatic carbocycles. The minimum atomic E-state index is -3.53. The number of hydrogen-bond acceptors (Lipinski definition) is 4. The Bertz CT molecular complexity index is 543. The molecule has 6 nitrogen and oxygen atoms in total. The first-order valence-corrected chi connectivity index (χ1v) is 7.92. The van der Waals surface area contributed by atoms with Gasteiger partial charge in [0.25, 0.3) is 0 Å². The second-order valence-corrected chi connectivity index (χ2v) is 7.39. The summed E-state index contributed by atoms with van der Waals surface area (Å²) in [6.45, 7) is 5.95. The van der Waals surface area contributed by atoms with Gasteiger partial charge >= 0.3 is 0 Å². The van der Waals surface area contributed by atoms with Crippen LogP contribution in [0.5, 0.6) is 0 Å². The molecule has 0 spiro atoms. The lowest BCUT2D eigenvalue weighted by molar-refractivity contribution is 0.0465. The number of rotatable bonds is 2. The molecule has 1 saturated heterocycles. The SMILES string of the molecule is Cc1n[nH]c(C)c1S(=O)(=O)N1CCCC(C)(O)CC1. The summed E-state index contributed by atoms with van der Waals surface area (Å²) in [7, 11) is -3.53. The monoisotopic (exact) mass is 287 g/mol. The molecule has 1 atom stereocenters. The van der Waals surface area contributed by atoms with E-state index < -0.39 is 15.6 Å². The maximum absolute atomic E-state index is 12.6. The molecule has 0 bridgehead atoms. The van der Waals surface area contributed by atoms with Crippen LogP contribution in [0, 0.1) is 13.8 Å². The summed E-state index contributed by atoms with van der Waals surface area (Å²) >= 11 is 0. The average Bonchev–Trinajstić information content (AvgIpc) is 2.52. The predicted molar refractivity (Wildman–Crippen MR) is 71.3 cm³/mol. The van der Waals surface area contributed by atoms with Crippen molar-refractivity contribution in [2.75, 3.05) is 13.1 Å². The molecule has 2 heterocycles. The smallest absolute Gasteiger partial charge is 0.246 e. The maximum Gasteiger partial charge on any atom is 0.246 e. The van der Waals surface area contributed by atoms with Gasteiger partial charge in [-0.1, -0.05) is 0 Å². The van der Waals surface area contributed by atoms with Crippen LogP contribution in [0.4, 0.5) is 0 Å². The number of hydrogen-bond donors (Lipinski definition) is 2. The van der Waals surface area contributed by atoms with Crippen molar-refractivity contribution in [2.24, 2.45) is 0 Å². The first-order valence-electron chi connectivity index (χ1n) is 6.48. The minimum Gasteiger partial charge on any atom is -0.390 e. The highest BCUT2D eigenvalue weighted by molar-refractivity contribution is 7.89. The lowest BCUT2D eigenvalue weighted by atomic mass is 9.98. The Labute approximate surface area is 113 Å². The van der Waals surface area contributed by atoms with E-state index in [9.17, 15) is 13.5 Å². The van der Waals surface area contributed by atoms with Crippen LogP contribution in [0.1, 0.15) is 37.6 Å². The molecule has 19 heavy (non-hydrogen) atoms. The Hall–Kier alpha value is -0.920. The third kappa shape index (κ3) is 2.82. The molecule has 0 radical (unpaired) electrons. The van der Waals surface area contributed by atoms with Crippen molar-refractivity contribution in [3.8, 4) is 0 Å². The summed E-state index contributed by atoms with van der Waals surface area (Å²) in [6, 6.07) is 0. The molecule has 2 N–H and O–H groups in total. The fraction of sp³-hybridized carbons (Fsp3) is 0.750. The lowest BCUT2D eigenvalue weighted by Gasteiger charge is -2.22. The lowest BCUT2D eigenvalue weighted by Crippen LogP contribution is -2.34. The van der Waals surface area contributed by atoms with E-state index in [1.165, 1.54) is 4.31 Å². The molecule has 2 rings (SSSR count). The average molecular weight is 287 g/mol. The molecule has 108 valence electrons. The van der Waals surface area contributed by atoms with E-state index in [1.54, 1.807) is 20.8 Å². The number of nitrogens with one attached hydrogen (secondary N) is 1. The zero-order chi connectivity index (χ0) is 14.3. The summed E-state index contributed by atoms with van der Waals surface area (Å²) in [4.78, 5) is 0.272. The number of H-pyrrole nitrogens is 1. The first-order chi connectivity index (χ1) is 8.74. The molecule has 1 aliphatic rings. The van der Waals surface area contributed by atoms with Crippen molar-refractivity contribution in [2.45, 2.75) is 50.5 Å². The van der Waals surface area contributed by atoms with E-state index in [0.29, 0.717) is 43.7 Å². The minimum absolute atomic E-state index is 0.272. The molecular formula is C12H21N3O3S. The zero-order valence-electron chi connectivity index (χ0n) is 11.6. The normalized spacial score (nSPS) is 26.3. The highest BCUT2D eigenvalue weighted by Crippen LogP contribution is 2.27. The molecule has 0 saturated carbocycles. The Morgan fingerprint density at radius 2 is 2.00 bits per heavy atom. The summed E-state index contributed by atoms with van der Waals surface area (Å²) in [6.07, 6.45) is 1.76. The maximum atomic E-state index is 12.6. The van der Waals surface area contributed by atoms with E-state index in [0.717, 1.165) is 0 Å². The molecule has 0 aliphatic carbocycles. The van der Waals surface area contributed by atoms with Gasteiger partial charge in [0, 0.05) is 13.1 Å². The van der Waals surface area contributed by atoms with Crippen LogP contribution in [0.25, 0.3) is 0 Å². The van der Waals surface area contributed by atoms with Crippen LogP contribution in [-0.4, -0.2) is 46.7 Å². The van der Waals surface area contributed by atoms with Crippen molar-refractivity contribution < 1.29 is 13.5 Å². The van der Waals surface area contributed by atoms with E-state index >= 15 is 0 Å². The van der Waals surface area contributed by atoms with Gasteiger partial charge in [0.15, 0.2) is 0 Å². The van der Waals surface area contributed by atoms with Crippen LogP contribution in [-0.2, 0) is 10.0 Å². The third-order valence-corrected chi connectivity index (χ3v) is 5.84. The second kappa shape index (κ2) is 4.88. The Kier molecular flexibility index (Phi) is 3.72. The summed E-state index contributed by atoms with van der Waals surface area (Å²) in [5.74, 6) is 0. The fourth-order valence-electron chi connectivity index (χ4n) is 2.53. The number of nitrogens with zero attached hydrogens (tertiary/aromatic N) is 2. The number of aromatic amines is 1. The fourth-order valence-corrected chi connectivity index (χ4v) is 4.34. The van der Waals surface area contributed by atoms with Gasteiger partial charge < -0.3 is 5.11 Å². The van der Waals surface area contributed by atoms with Gasteiger partial charge in [-0.2, -0.15) is 9.40 Å². The van der Waals surface area contributed by atoms with Crippen molar-refractivity contribution in [3.05, 3.63) is 11.4 Å². The Morgan fingerprint density at radius 3 is 2.58 bits per heavy atom. The zero-order valence-corrected chi connectivity index (χ0v) is 12.4. The standard InChI is InChI=1S/C12H21N3O3S/c1-9-11(10(2)14-13-9)19(17,18)15-7-4-5-12(3,16)6-8-15/h16H,4-8H2,1-3H3,(H,13,14). The number of aliphatic hydroxyl groups is 1. The van der Waals surface area contributed by atoms with Crippen molar-refractivity contribution in [1.29, 1.82) is 0 Å². The van der Waals surface area contributed by atoms with Gasteiger partial charge in [0.2, 0.25) is 10.0 Å². The van der Waals surface area contributed by atoms with Crippen LogP contribution in [0.2, 0.25) is 0 Å². The molecule has 1 unspecified atom stereocenters. The van der Waals surface area contributed by atoms with Crippen molar-refractivity contribution >= 4 is 10.0 Å². The van der Waals surface area contributed by atoms with Gasteiger partial charge in [-0.15, -0.1) is 0 Å². The van der Waals surface area contributed by atoms with Gasteiger partial charge in [-0.25, -0.2) is 8.42 Å². The van der Waals surface area contributed by atoms with E-state index in [-0.39, 0.29) is 4.90 Å². The van der Waals surface area contributed by atoms with E-state index in [1.807, 2.05) is 0 Å². The van der Waals surface area contributed by atoms with E-state index in [2.05, 4.69) is 10.2 Å². The molecule has 1 fully saturated rings. The quantitative estimate of drug-likeness (QED) is 0.848. The van der Waals surface area contributed by atoms with Gasteiger partial charge in [0.1, 0.15) is 4.90 Å². The van der Waals surface area contributed by atoms with Gasteiger partial charge in [-0.3, -0.25) is 5.10 Å². The van der Waals surface area contributed by atoms with Crippen LogP contribution in [0.3, 0.4) is 0 Å². The molecule has 1 aliphatic heterocycles. The van der Waals surface area contributed by atoms with E-state index in [4.69, 9.17) is 0 Å². The topological polar surface area (TPSA) is 86.3 Å². The number of sulfonamides is 1. The first kappa shape index (κ1) is 14.5. The summed E-state index contributed by atoms with van der Waals surface area (Å²) in [5.41, 5.74) is 0.284. The highest BCUT2D eigenvalue weighted by atomic mass is 32.2. The molecular weight excluding hydrogens is 266 g/mol. The Morgan fingerprint density at radius 1 is 1.32 bits per heavy atom. The second-order valence-electron chi connectivity index (χ2n) is 5.52. The number of aromatic nitrogens is 2. The van der Waals surface area contributed by atoms with Crippen LogP contribution >= 0.6 is 0 Å². The van der Waals surface area contributed by atoms with Crippen LogP contribution < -0.4 is 0 Å². The highest BCUT2D eigenvalue weighted by Gasteiger charge is 2.33. The molecule has 7 heteroatoms. The largest absolute Gasteiger partial charge is 0.390 e. The van der Waals surface area contributed by atoms with Gasteiger partial charge in [-0.05, 0) is 40.0 Å². The molecule has 0 amide bonds. The number of aryl methyl sites for hydroxylation is 2. The molecule has 1 aromatic rings. The third-order valence-electron chi connectivity index (χ3n) is 3.68. The summed E-state index contributed by atoms with van der Waals surface area (Å²) < 4.78 is 26.7. The Balaban J connectivity index is 2.31. The van der Waals surface area contributed by atoms with Crippen LogP contribution in [0.15, 0.2) is 4.90 Å². The van der Waals surface area contributed by atoms with Gasteiger partial charge in [0.05, 0.1) is 17.0 Å². The summed E-state index contributed by atoms with van der Waals surface area (Å²) in [5, 5.41) is 16.7. The van der Waals surface area contributed by atoms with Crippen molar-refractivity contribution in [1.82, 2.24) is 14.5 Å². The predicted octanol–water partition coefficient (Wildman–Crippen LogP) is 0.952.